The van der Waals surface area contributed by atoms with E-state index in [9.17, 15) is 23.1 Å². The number of nitrogens with zero attached hydrogens (tertiary/aromatic N) is 3. The zero-order valence-corrected chi connectivity index (χ0v) is 14.2. The van der Waals surface area contributed by atoms with Gasteiger partial charge in [-0.05, 0) is 25.0 Å². The molecule has 1 saturated carbocycles. The van der Waals surface area contributed by atoms with E-state index in [2.05, 4.69) is 25.6 Å². The van der Waals surface area contributed by atoms with Crippen molar-refractivity contribution in [1.29, 1.82) is 0 Å². The normalized spacial score (nSPS) is 19.7. The van der Waals surface area contributed by atoms with Crippen LogP contribution in [0.15, 0.2) is 30.7 Å². The number of nitrogens with one attached hydrogen (secondary N) is 2. The van der Waals surface area contributed by atoms with Crippen molar-refractivity contribution in [3.8, 4) is 0 Å². The summed E-state index contributed by atoms with van der Waals surface area (Å²) in [6.45, 7) is 0.446. The molecule has 1 fully saturated rings. The molecule has 0 spiro atoms. The molecule has 0 aliphatic heterocycles. The van der Waals surface area contributed by atoms with Gasteiger partial charge in [0, 0.05) is 24.9 Å². The molecule has 1 amide bonds. The maximum Gasteiger partial charge on any atom is 0.433 e. The number of hydrogen-bond donors (Lipinski definition) is 3. The topological polar surface area (TPSA) is 100 Å². The molecule has 2 atom stereocenters. The van der Waals surface area contributed by atoms with Crippen LogP contribution in [-0.2, 0) is 6.18 Å². The third-order valence-corrected chi connectivity index (χ3v) is 4.38. The Balaban J connectivity index is 1.67. The fourth-order valence-corrected chi connectivity index (χ4v) is 2.94. The van der Waals surface area contributed by atoms with Gasteiger partial charge in [-0.25, -0.2) is 15.0 Å². The van der Waals surface area contributed by atoms with Crippen LogP contribution in [0.4, 0.5) is 24.7 Å². The molecule has 2 aromatic heterocycles. The van der Waals surface area contributed by atoms with E-state index >= 15 is 0 Å². The average molecular weight is 381 g/mol. The predicted molar refractivity (Wildman–Crippen MR) is 91.1 cm³/mol. The summed E-state index contributed by atoms with van der Waals surface area (Å²) in [5.41, 5.74) is -0.932. The minimum absolute atomic E-state index is 0.00452. The van der Waals surface area contributed by atoms with Crippen LogP contribution in [-0.4, -0.2) is 38.6 Å². The first-order chi connectivity index (χ1) is 12.8. The van der Waals surface area contributed by atoms with Crippen LogP contribution in [0.2, 0.25) is 0 Å². The molecule has 3 N–H and O–H groups in total. The number of rotatable bonds is 5. The van der Waals surface area contributed by atoms with Crippen molar-refractivity contribution in [2.24, 2.45) is 5.92 Å². The van der Waals surface area contributed by atoms with Gasteiger partial charge in [-0.2, -0.15) is 13.2 Å². The summed E-state index contributed by atoms with van der Waals surface area (Å²) in [5, 5.41) is 15.4. The fourth-order valence-electron chi connectivity index (χ4n) is 2.94. The number of carbonyl (C=O) groups is 1. The van der Waals surface area contributed by atoms with E-state index in [1.165, 1.54) is 12.4 Å². The molecule has 7 nitrogen and oxygen atoms in total. The summed E-state index contributed by atoms with van der Waals surface area (Å²) in [4.78, 5) is 23.8. The van der Waals surface area contributed by atoms with Crippen molar-refractivity contribution in [3.05, 3.63) is 42.1 Å². The van der Waals surface area contributed by atoms with E-state index in [4.69, 9.17) is 0 Å². The number of amides is 1. The van der Waals surface area contributed by atoms with E-state index in [0.29, 0.717) is 6.54 Å². The van der Waals surface area contributed by atoms with Gasteiger partial charge in [0.2, 0.25) is 0 Å². The summed E-state index contributed by atoms with van der Waals surface area (Å²) in [5.74, 6) is -0.310. The van der Waals surface area contributed by atoms with E-state index in [1.54, 1.807) is 0 Å². The molecule has 144 valence electrons. The van der Waals surface area contributed by atoms with Crippen LogP contribution in [0.1, 0.15) is 35.4 Å². The SMILES string of the molecule is O=C(Nc1ccc(C(F)(F)F)nc1)c1nccnc1NCC1CCC[C@H]1O. The Morgan fingerprint density at radius 2 is 1.96 bits per heavy atom. The molecule has 1 unspecified atom stereocenters. The number of hydrogen-bond acceptors (Lipinski definition) is 6. The highest BCUT2D eigenvalue weighted by Gasteiger charge is 2.32. The zero-order chi connectivity index (χ0) is 19.4. The molecule has 0 aromatic carbocycles. The highest BCUT2D eigenvalue weighted by molar-refractivity contribution is 6.05. The van der Waals surface area contributed by atoms with Gasteiger partial charge in [0.25, 0.3) is 5.91 Å². The van der Waals surface area contributed by atoms with Gasteiger partial charge in [0.05, 0.1) is 18.0 Å². The molecule has 1 aliphatic rings. The van der Waals surface area contributed by atoms with Crippen molar-refractivity contribution < 1.29 is 23.1 Å². The second-order valence-electron chi connectivity index (χ2n) is 6.28. The second kappa shape index (κ2) is 7.87. The minimum Gasteiger partial charge on any atom is -0.393 e. The van der Waals surface area contributed by atoms with Gasteiger partial charge in [0.1, 0.15) is 5.69 Å². The lowest BCUT2D eigenvalue weighted by molar-refractivity contribution is -0.141. The third kappa shape index (κ3) is 4.70. The van der Waals surface area contributed by atoms with Crippen LogP contribution in [0.25, 0.3) is 0 Å². The number of halogens is 3. The largest absolute Gasteiger partial charge is 0.433 e. The van der Waals surface area contributed by atoms with Gasteiger partial charge in [-0.3, -0.25) is 4.79 Å². The first-order valence-electron chi connectivity index (χ1n) is 8.42. The highest BCUT2D eigenvalue weighted by atomic mass is 19.4. The van der Waals surface area contributed by atoms with E-state index in [-0.39, 0.29) is 29.2 Å². The monoisotopic (exact) mass is 381 g/mol. The molecule has 2 heterocycles. The molecular formula is C17H18F3N5O2. The second-order valence-corrected chi connectivity index (χ2v) is 6.28. The van der Waals surface area contributed by atoms with Crippen molar-refractivity contribution in [2.45, 2.75) is 31.5 Å². The molecule has 2 aromatic rings. The molecule has 0 bridgehead atoms. The molecule has 1 aliphatic carbocycles. The summed E-state index contributed by atoms with van der Waals surface area (Å²) < 4.78 is 37.6. The average Bonchev–Trinajstić information content (AvgIpc) is 3.05. The molecule has 27 heavy (non-hydrogen) atoms. The first kappa shape index (κ1) is 19.0. The third-order valence-electron chi connectivity index (χ3n) is 4.38. The lowest BCUT2D eigenvalue weighted by atomic mass is 10.1. The fraction of sp³-hybridized carbons (Fsp3) is 0.412. The number of pyridine rings is 1. The Kier molecular flexibility index (Phi) is 5.54. The smallest absolute Gasteiger partial charge is 0.393 e. The van der Waals surface area contributed by atoms with Crippen molar-refractivity contribution in [3.63, 3.8) is 0 Å². The predicted octanol–water partition coefficient (Wildman–Crippen LogP) is 2.72. The van der Waals surface area contributed by atoms with Gasteiger partial charge in [0.15, 0.2) is 11.5 Å². The number of aliphatic hydroxyl groups is 1. The summed E-state index contributed by atoms with van der Waals surface area (Å²) in [6, 6.07) is 1.90. The van der Waals surface area contributed by atoms with Crippen LogP contribution in [0.5, 0.6) is 0 Å². The maximum absolute atomic E-state index is 12.5. The quantitative estimate of drug-likeness (QED) is 0.736. The van der Waals surface area contributed by atoms with Gasteiger partial charge in [-0.1, -0.05) is 6.42 Å². The van der Waals surface area contributed by atoms with E-state index in [0.717, 1.165) is 37.6 Å². The van der Waals surface area contributed by atoms with Crippen LogP contribution in [0, 0.1) is 5.92 Å². The Morgan fingerprint density at radius 3 is 2.59 bits per heavy atom. The summed E-state index contributed by atoms with van der Waals surface area (Å²) in [6.07, 6.45) is 1.34. The number of aliphatic hydroxyl groups excluding tert-OH is 1. The lowest BCUT2D eigenvalue weighted by Gasteiger charge is -2.16. The van der Waals surface area contributed by atoms with Gasteiger partial charge >= 0.3 is 6.18 Å². The molecule has 10 heteroatoms. The number of alkyl halides is 3. The van der Waals surface area contributed by atoms with Crippen LogP contribution in [0.3, 0.4) is 0 Å². The minimum atomic E-state index is -4.55. The molecule has 0 saturated heterocycles. The number of aromatic nitrogens is 3. The first-order valence-corrected chi connectivity index (χ1v) is 8.42. The van der Waals surface area contributed by atoms with Crippen LogP contribution >= 0.6 is 0 Å². The Labute approximate surface area is 153 Å². The zero-order valence-electron chi connectivity index (χ0n) is 14.2. The van der Waals surface area contributed by atoms with Gasteiger partial charge < -0.3 is 15.7 Å². The molecular weight excluding hydrogens is 363 g/mol. The van der Waals surface area contributed by atoms with Crippen molar-refractivity contribution >= 4 is 17.4 Å². The molecule has 3 rings (SSSR count). The summed E-state index contributed by atoms with van der Waals surface area (Å²) in [7, 11) is 0. The van der Waals surface area contributed by atoms with Gasteiger partial charge in [-0.15, -0.1) is 0 Å². The molecule has 0 radical (unpaired) electrons. The number of carbonyl (C=O) groups excluding carboxylic acids is 1. The van der Waals surface area contributed by atoms with E-state index in [1.807, 2.05) is 0 Å². The Bertz CT molecular complexity index is 798. The standard InChI is InChI=1S/C17H18F3N5O2/c18-17(19,20)13-5-4-11(9-23-13)25-16(27)14-15(22-7-6-21-14)24-8-10-2-1-3-12(10)26/h4-7,9-10,12,26H,1-3,8H2,(H,22,24)(H,25,27)/t10?,12-/m1/s1. The lowest BCUT2D eigenvalue weighted by Crippen LogP contribution is -2.24. The highest BCUT2D eigenvalue weighted by Crippen LogP contribution is 2.28. The van der Waals surface area contributed by atoms with Crippen molar-refractivity contribution in [1.82, 2.24) is 15.0 Å². The number of anilines is 2. The Hall–Kier alpha value is -2.75. The van der Waals surface area contributed by atoms with Crippen molar-refractivity contribution in [2.75, 3.05) is 17.2 Å². The summed E-state index contributed by atoms with van der Waals surface area (Å²) >= 11 is 0. The Morgan fingerprint density at radius 1 is 1.19 bits per heavy atom. The maximum atomic E-state index is 12.5. The van der Waals surface area contributed by atoms with E-state index < -0.39 is 17.8 Å². The van der Waals surface area contributed by atoms with Crippen LogP contribution < -0.4 is 10.6 Å².